The largest absolute Gasteiger partial charge is 0.484 e. The van der Waals surface area contributed by atoms with Crippen LogP contribution in [0.15, 0.2) is 40.9 Å². The summed E-state index contributed by atoms with van der Waals surface area (Å²) < 4.78 is 19.3. The van der Waals surface area contributed by atoms with Gasteiger partial charge < -0.3 is 15.8 Å². The lowest BCUT2D eigenvalue weighted by Gasteiger charge is -2.10. The number of amides is 1. The van der Waals surface area contributed by atoms with Crippen molar-refractivity contribution in [2.45, 2.75) is 6.92 Å². The Morgan fingerprint density at radius 3 is 2.76 bits per heavy atom. The van der Waals surface area contributed by atoms with Crippen LogP contribution >= 0.6 is 15.9 Å². The van der Waals surface area contributed by atoms with Crippen molar-refractivity contribution in [2.24, 2.45) is 0 Å². The maximum Gasteiger partial charge on any atom is 0.262 e. The number of rotatable bonds is 4. The number of carbonyl (C=O) groups is 1. The third kappa shape index (κ3) is 4.19. The highest BCUT2D eigenvalue weighted by atomic mass is 79.9. The van der Waals surface area contributed by atoms with Crippen LogP contribution in [0.3, 0.4) is 0 Å². The molecule has 0 radical (unpaired) electrons. The summed E-state index contributed by atoms with van der Waals surface area (Å²) in [5, 5.41) is 2.67. The van der Waals surface area contributed by atoms with E-state index in [2.05, 4.69) is 21.2 Å². The molecule has 1 amide bonds. The molecule has 3 N–H and O–H groups in total. The van der Waals surface area contributed by atoms with Gasteiger partial charge in [-0.2, -0.15) is 0 Å². The summed E-state index contributed by atoms with van der Waals surface area (Å²) in [6, 6.07) is 9.51. The first-order chi connectivity index (χ1) is 9.95. The number of nitrogens with one attached hydrogen (secondary N) is 1. The topological polar surface area (TPSA) is 64.3 Å². The van der Waals surface area contributed by atoms with E-state index < -0.39 is 0 Å². The van der Waals surface area contributed by atoms with E-state index in [0.29, 0.717) is 27.2 Å². The molecule has 110 valence electrons. The molecule has 2 aromatic rings. The molecule has 0 bridgehead atoms. The van der Waals surface area contributed by atoms with Crippen LogP contribution in [0.4, 0.5) is 15.8 Å². The smallest absolute Gasteiger partial charge is 0.262 e. The molecular weight excluding hydrogens is 339 g/mol. The first-order valence-corrected chi connectivity index (χ1v) is 6.99. The van der Waals surface area contributed by atoms with Crippen molar-refractivity contribution in [1.82, 2.24) is 0 Å². The Balaban J connectivity index is 1.94. The van der Waals surface area contributed by atoms with Crippen LogP contribution in [0.2, 0.25) is 0 Å². The van der Waals surface area contributed by atoms with Gasteiger partial charge in [0.1, 0.15) is 11.6 Å². The highest BCUT2D eigenvalue weighted by Gasteiger charge is 2.07. The summed E-state index contributed by atoms with van der Waals surface area (Å²) in [6.45, 7) is 1.45. The van der Waals surface area contributed by atoms with E-state index >= 15 is 0 Å². The first-order valence-electron chi connectivity index (χ1n) is 6.19. The summed E-state index contributed by atoms with van der Waals surface area (Å²) in [6.07, 6.45) is 0. The second kappa shape index (κ2) is 6.58. The Hall–Kier alpha value is -2.08. The van der Waals surface area contributed by atoms with Gasteiger partial charge in [0.25, 0.3) is 5.91 Å². The summed E-state index contributed by atoms with van der Waals surface area (Å²) in [5.41, 5.74) is 7.32. The standard InChI is InChI=1S/C15H14BrFN2O2/c1-9-2-4-11(7-13(9)17)21-8-15(20)19-14-5-3-10(18)6-12(14)16/h2-7H,8,18H2,1H3,(H,19,20). The molecule has 0 aromatic heterocycles. The van der Waals surface area contributed by atoms with Crippen molar-refractivity contribution in [1.29, 1.82) is 0 Å². The molecular formula is C15H14BrFN2O2. The number of ether oxygens (including phenoxy) is 1. The highest BCUT2D eigenvalue weighted by Crippen LogP contribution is 2.24. The van der Waals surface area contributed by atoms with Gasteiger partial charge in [0.15, 0.2) is 6.61 Å². The molecule has 6 heteroatoms. The lowest BCUT2D eigenvalue weighted by Crippen LogP contribution is -2.20. The normalized spacial score (nSPS) is 10.2. The Morgan fingerprint density at radius 1 is 1.33 bits per heavy atom. The third-order valence-electron chi connectivity index (χ3n) is 2.78. The van der Waals surface area contributed by atoms with E-state index in [1.165, 1.54) is 6.07 Å². The predicted molar refractivity (Wildman–Crippen MR) is 83.8 cm³/mol. The van der Waals surface area contributed by atoms with Crippen molar-refractivity contribution in [3.8, 4) is 5.75 Å². The number of aryl methyl sites for hydroxylation is 1. The number of carbonyl (C=O) groups excluding carboxylic acids is 1. The minimum atomic E-state index is -0.366. The molecule has 0 atom stereocenters. The zero-order valence-electron chi connectivity index (χ0n) is 11.3. The summed E-state index contributed by atoms with van der Waals surface area (Å²) in [4.78, 5) is 11.8. The Bertz CT molecular complexity index is 677. The molecule has 0 saturated heterocycles. The van der Waals surface area contributed by atoms with Gasteiger partial charge in [0, 0.05) is 16.2 Å². The Morgan fingerprint density at radius 2 is 2.10 bits per heavy atom. The zero-order chi connectivity index (χ0) is 15.4. The van der Waals surface area contributed by atoms with Gasteiger partial charge >= 0.3 is 0 Å². The molecule has 2 aromatic carbocycles. The summed E-state index contributed by atoms with van der Waals surface area (Å²) in [5.74, 6) is -0.403. The van der Waals surface area contributed by atoms with E-state index in [-0.39, 0.29) is 18.3 Å². The Kier molecular flexibility index (Phi) is 4.80. The van der Waals surface area contributed by atoms with E-state index in [1.54, 1.807) is 37.3 Å². The van der Waals surface area contributed by atoms with Gasteiger partial charge in [-0.15, -0.1) is 0 Å². The summed E-state index contributed by atoms with van der Waals surface area (Å²) in [7, 11) is 0. The van der Waals surface area contributed by atoms with E-state index in [9.17, 15) is 9.18 Å². The average molecular weight is 353 g/mol. The van der Waals surface area contributed by atoms with Crippen molar-refractivity contribution >= 4 is 33.2 Å². The fourth-order valence-electron chi connectivity index (χ4n) is 1.63. The molecule has 0 unspecified atom stereocenters. The number of halogens is 2. The molecule has 2 rings (SSSR count). The maximum absolute atomic E-state index is 13.3. The maximum atomic E-state index is 13.3. The van der Waals surface area contributed by atoms with Crippen molar-refractivity contribution in [3.63, 3.8) is 0 Å². The lowest BCUT2D eigenvalue weighted by atomic mass is 10.2. The van der Waals surface area contributed by atoms with Crippen molar-refractivity contribution in [2.75, 3.05) is 17.7 Å². The van der Waals surface area contributed by atoms with Crippen LogP contribution in [0, 0.1) is 12.7 Å². The molecule has 4 nitrogen and oxygen atoms in total. The minimum Gasteiger partial charge on any atom is -0.484 e. The van der Waals surface area contributed by atoms with Crippen molar-refractivity contribution < 1.29 is 13.9 Å². The first kappa shape index (κ1) is 15.3. The molecule has 0 saturated carbocycles. The molecule has 0 aliphatic heterocycles. The fourth-order valence-corrected chi connectivity index (χ4v) is 2.13. The number of hydrogen-bond donors (Lipinski definition) is 2. The number of anilines is 2. The van der Waals surface area contributed by atoms with Crippen LogP contribution < -0.4 is 15.8 Å². The highest BCUT2D eigenvalue weighted by molar-refractivity contribution is 9.10. The van der Waals surface area contributed by atoms with Crippen LogP contribution in [-0.2, 0) is 4.79 Å². The van der Waals surface area contributed by atoms with Crippen LogP contribution in [-0.4, -0.2) is 12.5 Å². The number of nitrogens with two attached hydrogens (primary N) is 1. The van der Waals surface area contributed by atoms with Gasteiger partial charge in [-0.05, 0) is 52.7 Å². The third-order valence-corrected chi connectivity index (χ3v) is 3.44. The predicted octanol–water partition coefficient (Wildman–Crippen LogP) is 3.50. The second-order valence-corrected chi connectivity index (χ2v) is 5.34. The Labute approximate surface area is 130 Å². The van der Waals surface area contributed by atoms with E-state index in [4.69, 9.17) is 10.5 Å². The van der Waals surface area contributed by atoms with Crippen LogP contribution in [0.1, 0.15) is 5.56 Å². The van der Waals surface area contributed by atoms with Crippen molar-refractivity contribution in [3.05, 3.63) is 52.3 Å². The molecule has 0 spiro atoms. The molecule has 21 heavy (non-hydrogen) atoms. The van der Waals surface area contributed by atoms with Crippen LogP contribution in [0.25, 0.3) is 0 Å². The van der Waals surface area contributed by atoms with Crippen LogP contribution in [0.5, 0.6) is 5.75 Å². The minimum absolute atomic E-state index is 0.209. The molecule has 0 fully saturated rings. The SMILES string of the molecule is Cc1ccc(OCC(=O)Nc2ccc(N)cc2Br)cc1F. The molecule has 0 aliphatic carbocycles. The number of nitrogen functional groups attached to an aromatic ring is 1. The average Bonchev–Trinajstić information content (AvgIpc) is 2.43. The number of benzene rings is 2. The van der Waals surface area contributed by atoms with E-state index in [0.717, 1.165) is 0 Å². The van der Waals surface area contributed by atoms with E-state index in [1.807, 2.05) is 0 Å². The van der Waals surface area contributed by atoms with Gasteiger partial charge in [-0.3, -0.25) is 4.79 Å². The van der Waals surface area contributed by atoms with Gasteiger partial charge in [0.05, 0.1) is 5.69 Å². The second-order valence-electron chi connectivity index (χ2n) is 4.49. The zero-order valence-corrected chi connectivity index (χ0v) is 12.9. The van der Waals surface area contributed by atoms with Gasteiger partial charge in [0.2, 0.25) is 0 Å². The molecule has 0 heterocycles. The van der Waals surface area contributed by atoms with Gasteiger partial charge in [-0.1, -0.05) is 6.07 Å². The monoisotopic (exact) mass is 352 g/mol. The molecule has 0 aliphatic rings. The van der Waals surface area contributed by atoms with Gasteiger partial charge in [-0.25, -0.2) is 4.39 Å². The summed E-state index contributed by atoms with van der Waals surface area (Å²) >= 11 is 3.30. The lowest BCUT2D eigenvalue weighted by molar-refractivity contribution is -0.118. The quantitative estimate of drug-likeness (QED) is 0.827. The number of hydrogen-bond acceptors (Lipinski definition) is 3. The fraction of sp³-hybridized carbons (Fsp3) is 0.133.